The van der Waals surface area contributed by atoms with Gasteiger partial charge in [0.15, 0.2) is 48.3 Å². The Morgan fingerprint density at radius 1 is 0.421 bits per heavy atom. The molecule has 8 aliphatic heterocycles. The predicted octanol–water partition coefficient (Wildman–Crippen LogP) is 1.05. The summed E-state index contributed by atoms with van der Waals surface area (Å²) in [4.78, 5) is 70.1. The quantitative estimate of drug-likeness (QED) is 0.133. The fourth-order valence-corrected chi connectivity index (χ4v) is 11.5. The standard InChI is InChI=1S/C50H80N4O22/c1-21(55)17-22(29-33(60-13)37-41(64-29)72-47(5,6)68-37)51-26(56)18-23(30-34(61-14)38-42(65-30)73-48(7,8)69-38)52-27(57)19-24(31-35(62-15)39-43(66-31)74-49(9,10)70-39)53-28(58)20-25(54-45(59)76-46(2,3)4)32-36(63-16)40-44(67-32)75-50(11,12)71-40/h22-25,29-44H,17-20H2,1-16H3,(H,51,56)(H,52,57)(H,53,58)(H,54,59)/t22?,23?,24?,25?,29-,30-,31-,32-,33-,34-,35-,36-,37+,38+,39+,40+,41+,42+,43+,44+/m0/s1. The summed E-state index contributed by atoms with van der Waals surface area (Å²) in [6, 6.07) is -4.36. The Hall–Kier alpha value is -3.29. The number of alkyl carbamates (subject to hydrolysis) is 1. The first-order valence-electron chi connectivity index (χ1n) is 25.9. The lowest BCUT2D eigenvalue weighted by molar-refractivity contribution is -0.220. The van der Waals surface area contributed by atoms with Crippen LogP contribution < -0.4 is 21.3 Å². The Morgan fingerprint density at radius 3 is 0.908 bits per heavy atom. The molecule has 8 aliphatic rings. The molecular weight excluding hydrogens is 1010 g/mol. The van der Waals surface area contributed by atoms with Crippen molar-refractivity contribution in [3.8, 4) is 0 Å². The first kappa shape index (κ1) is 58.8. The molecule has 4 unspecified atom stereocenters. The van der Waals surface area contributed by atoms with Crippen LogP contribution >= 0.6 is 0 Å². The van der Waals surface area contributed by atoms with Gasteiger partial charge >= 0.3 is 6.09 Å². The van der Waals surface area contributed by atoms with Crippen LogP contribution in [0.3, 0.4) is 0 Å². The number of ether oxygens (including phenoxy) is 17. The number of hydrogen-bond donors (Lipinski definition) is 4. The van der Waals surface area contributed by atoms with Gasteiger partial charge in [-0.05, 0) is 83.1 Å². The molecule has 0 bridgehead atoms. The van der Waals surface area contributed by atoms with Gasteiger partial charge in [-0.3, -0.25) is 19.2 Å². The molecular formula is C50H80N4O22. The van der Waals surface area contributed by atoms with Crippen LogP contribution in [-0.4, -0.2) is 209 Å². The maximum absolute atomic E-state index is 14.8. The van der Waals surface area contributed by atoms with Gasteiger partial charge < -0.3 is 102 Å². The van der Waals surface area contributed by atoms with Gasteiger partial charge in [0.05, 0.1) is 24.2 Å². The van der Waals surface area contributed by atoms with E-state index in [0.717, 1.165) is 0 Å². The number of hydrogen-bond acceptors (Lipinski definition) is 22. The minimum absolute atomic E-state index is 0.137. The number of methoxy groups -OCH3 is 4. The zero-order chi connectivity index (χ0) is 55.6. The predicted molar refractivity (Wildman–Crippen MR) is 256 cm³/mol. The molecule has 20 atom stereocenters. The molecule has 8 rings (SSSR count). The van der Waals surface area contributed by atoms with E-state index in [2.05, 4.69) is 21.3 Å². The largest absolute Gasteiger partial charge is 0.444 e. The van der Waals surface area contributed by atoms with Crippen molar-refractivity contribution in [3.05, 3.63) is 0 Å². The lowest BCUT2D eigenvalue weighted by Gasteiger charge is -2.34. The summed E-state index contributed by atoms with van der Waals surface area (Å²) in [6.45, 7) is 20.3. The molecule has 0 spiro atoms. The molecule has 4 amide bonds. The average molecular weight is 1090 g/mol. The van der Waals surface area contributed by atoms with Crippen molar-refractivity contribution in [1.29, 1.82) is 0 Å². The van der Waals surface area contributed by atoms with E-state index in [4.69, 9.17) is 80.5 Å². The van der Waals surface area contributed by atoms with E-state index in [1.54, 1.807) is 76.2 Å². The van der Waals surface area contributed by atoms with Crippen molar-refractivity contribution in [1.82, 2.24) is 21.3 Å². The van der Waals surface area contributed by atoms with Crippen molar-refractivity contribution in [2.45, 2.75) is 260 Å². The van der Waals surface area contributed by atoms with E-state index in [-0.39, 0.29) is 12.2 Å². The maximum atomic E-state index is 14.8. The molecule has 0 radical (unpaired) electrons. The van der Waals surface area contributed by atoms with Crippen LogP contribution in [0.5, 0.6) is 0 Å². The molecule has 26 heteroatoms. The maximum Gasteiger partial charge on any atom is 0.407 e. The van der Waals surface area contributed by atoms with Crippen molar-refractivity contribution < 1.29 is 104 Å². The molecule has 26 nitrogen and oxygen atoms in total. The second-order valence-electron chi connectivity index (χ2n) is 23.4. The number of carbonyl (C=O) groups is 5. The third kappa shape index (κ3) is 13.1. The number of rotatable bonds is 20. The van der Waals surface area contributed by atoms with Crippen LogP contribution in [-0.2, 0) is 99.7 Å². The molecule has 76 heavy (non-hydrogen) atoms. The van der Waals surface area contributed by atoms with Crippen molar-refractivity contribution in [3.63, 3.8) is 0 Å². The van der Waals surface area contributed by atoms with E-state index in [0.29, 0.717) is 0 Å². The van der Waals surface area contributed by atoms with Gasteiger partial charge in [-0.15, -0.1) is 0 Å². The summed E-state index contributed by atoms with van der Waals surface area (Å²) < 4.78 is 103. The molecule has 0 aromatic carbocycles. The van der Waals surface area contributed by atoms with Gasteiger partial charge in [0.2, 0.25) is 17.7 Å². The van der Waals surface area contributed by atoms with E-state index in [9.17, 15) is 24.0 Å². The minimum Gasteiger partial charge on any atom is -0.444 e. The first-order valence-corrected chi connectivity index (χ1v) is 25.9. The monoisotopic (exact) mass is 1090 g/mol. The number of fused-ring (bicyclic) bond motifs is 4. The van der Waals surface area contributed by atoms with Gasteiger partial charge in [0.1, 0.15) is 84.6 Å². The summed E-state index contributed by atoms with van der Waals surface area (Å²) in [5.74, 6) is -6.21. The highest BCUT2D eigenvalue weighted by Crippen LogP contribution is 2.44. The van der Waals surface area contributed by atoms with Crippen molar-refractivity contribution in [2.75, 3.05) is 28.4 Å². The topological polar surface area (TPSA) is 290 Å². The van der Waals surface area contributed by atoms with Crippen LogP contribution in [0.2, 0.25) is 0 Å². The zero-order valence-corrected chi connectivity index (χ0v) is 46.4. The first-order chi connectivity index (χ1) is 35.4. The van der Waals surface area contributed by atoms with Gasteiger partial charge in [-0.25, -0.2) is 4.79 Å². The van der Waals surface area contributed by atoms with Crippen molar-refractivity contribution in [2.24, 2.45) is 0 Å². The fraction of sp³-hybridized carbons (Fsp3) is 0.900. The Bertz CT molecular complexity index is 2120. The third-order valence-corrected chi connectivity index (χ3v) is 14.2. The highest BCUT2D eigenvalue weighted by atomic mass is 16.9. The van der Waals surface area contributed by atoms with Gasteiger partial charge in [0.25, 0.3) is 0 Å². The summed E-state index contributed by atoms with van der Waals surface area (Å²) in [5, 5.41) is 11.7. The normalized spacial score (nSPS) is 38.8. The Balaban J connectivity index is 1.05. The van der Waals surface area contributed by atoms with Gasteiger partial charge in [0, 0.05) is 54.1 Å². The Kier molecular flexibility index (Phi) is 17.3. The molecule has 8 saturated heterocycles. The van der Waals surface area contributed by atoms with Crippen LogP contribution in [0.25, 0.3) is 0 Å². The lowest BCUT2D eigenvalue weighted by Crippen LogP contribution is -2.57. The van der Waals surface area contributed by atoms with Crippen molar-refractivity contribution >= 4 is 29.6 Å². The number of amides is 4. The molecule has 0 aromatic heterocycles. The summed E-state index contributed by atoms with van der Waals surface area (Å²) >= 11 is 0. The lowest BCUT2D eigenvalue weighted by atomic mass is 9.96. The molecule has 0 saturated carbocycles. The van der Waals surface area contributed by atoms with Crippen LogP contribution in [0, 0.1) is 0 Å². The Labute approximate surface area is 443 Å². The smallest absolute Gasteiger partial charge is 0.407 e. The summed E-state index contributed by atoms with van der Waals surface area (Å²) in [5.41, 5.74) is -0.902. The molecule has 432 valence electrons. The fourth-order valence-electron chi connectivity index (χ4n) is 11.5. The molecule has 0 aromatic rings. The van der Waals surface area contributed by atoms with Gasteiger partial charge in [-0.1, -0.05) is 0 Å². The summed E-state index contributed by atoms with van der Waals surface area (Å²) in [7, 11) is 5.83. The van der Waals surface area contributed by atoms with E-state index in [1.165, 1.54) is 35.4 Å². The second kappa shape index (κ2) is 22.3. The minimum atomic E-state index is -1.18. The number of carbonyl (C=O) groups excluding carboxylic acids is 5. The molecule has 8 heterocycles. The number of Topliss-reactive ketones (excluding diaryl/α,β-unsaturated/α-hetero) is 1. The molecule has 0 aliphatic carbocycles. The molecule has 4 N–H and O–H groups in total. The Morgan fingerprint density at radius 2 is 0.671 bits per heavy atom. The second-order valence-corrected chi connectivity index (χ2v) is 23.4. The summed E-state index contributed by atoms with van der Waals surface area (Å²) in [6.07, 6.45) is -16.0. The van der Waals surface area contributed by atoms with Crippen LogP contribution in [0.15, 0.2) is 0 Å². The van der Waals surface area contributed by atoms with Crippen LogP contribution in [0.1, 0.15) is 109 Å². The van der Waals surface area contributed by atoms with E-state index in [1.807, 2.05) is 0 Å². The highest BCUT2D eigenvalue weighted by molar-refractivity contribution is 5.83. The van der Waals surface area contributed by atoms with Crippen LogP contribution in [0.4, 0.5) is 4.79 Å². The zero-order valence-electron chi connectivity index (χ0n) is 46.4. The average Bonchev–Trinajstić information content (AvgIpc) is 4.15. The molecule has 8 fully saturated rings. The third-order valence-electron chi connectivity index (χ3n) is 14.2. The highest BCUT2D eigenvalue weighted by Gasteiger charge is 2.62. The van der Waals surface area contributed by atoms with E-state index >= 15 is 0 Å². The van der Waals surface area contributed by atoms with Gasteiger partial charge in [-0.2, -0.15) is 0 Å². The number of ketones is 1. The van der Waals surface area contributed by atoms with E-state index < -0.39 is 194 Å². The number of nitrogens with one attached hydrogen (secondary N) is 4. The SMILES string of the molecule is CO[C@@H]1[C@H]2OC(C)(C)O[C@H]2O[C@H]1C(CC(C)=O)NC(=O)CC(NC(=O)CC(NC(=O)CC(NC(=O)OC(C)(C)C)[C@@H]1O[C@@H]2OC(C)(C)O[C@@H]2[C@H]1OC)[C@@H]1O[C@@H]2OC(C)(C)O[C@@H]2[C@H]1OC)[C@@H]1O[C@@H]2OC(C)(C)O[C@@H]2[C@H]1OC.